The van der Waals surface area contributed by atoms with E-state index in [1.165, 1.54) is 9.13 Å². The molecule has 0 saturated heterocycles. The molecule has 0 bridgehead atoms. The third-order valence-corrected chi connectivity index (χ3v) is 4.29. The number of fused-ring (bicyclic) bond motifs is 1. The summed E-state index contributed by atoms with van der Waals surface area (Å²) >= 11 is 3.43. The van der Waals surface area contributed by atoms with Crippen molar-refractivity contribution in [3.63, 3.8) is 0 Å². The van der Waals surface area contributed by atoms with Crippen LogP contribution in [0.25, 0.3) is 23.3 Å². The first kappa shape index (κ1) is 16.4. The largest absolute Gasteiger partial charge is 0.333 e. The van der Waals surface area contributed by atoms with E-state index >= 15 is 0 Å². The molecule has 0 aliphatic heterocycles. The lowest BCUT2D eigenvalue weighted by atomic mass is 10.2. The normalized spacial score (nSPS) is 11.6. The van der Waals surface area contributed by atoms with Gasteiger partial charge in [-0.1, -0.05) is 34.1 Å². The van der Waals surface area contributed by atoms with Crippen LogP contribution in [-0.4, -0.2) is 19.1 Å². The van der Waals surface area contributed by atoms with Gasteiger partial charge in [-0.15, -0.1) is 0 Å². The maximum absolute atomic E-state index is 12.4. The summed E-state index contributed by atoms with van der Waals surface area (Å²) in [4.78, 5) is 32.2. The number of nitrogens with one attached hydrogen (secondary N) is 1. The molecule has 124 valence electrons. The predicted molar refractivity (Wildman–Crippen MR) is 99.0 cm³/mol. The Kier molecular flexibility index (Phi) is 4.53. The lowest BCUT2D eigenvalue weighted by Crippen LogP contribution is -2.39. The van der Waals surface area contributed by atoms with Crippen LogP contribution < -0.4 is 11.2 Å². The first-order valence-electron chi connectivity index (χ1n) is 7.72. The van der Waals surface area contributed by atoms with Crippen LogP contribution in [0, 0.1) is 0 Å². The summed E-state index contributed by atoms with van der Waals surface area (Å²) in [7, 11) is 0. The van der Waals surface area contributed by atoms with Gasteiger partial charge in [0.15, 0.2) is 5.65 Å². The second-order valence-corrected chi connectivity index (χ2v) is 6.20. The number of benzene rings is 1. The summed E-state index contributed by atoms with van der Waals surface area (Å²) in [6.07, 6.45) is 3.69. The molecule has 6 nitrogen and oxygen atoms in total. The highest BCUT2D eigenvalue weighted by molar-refractivity contribution is 9.10. The summed E-state index contributed by atoms with van der Waals surface area (Å²) in [6, 6.07) is 7.84. The summed E-state index contributed by atoms with van der Waals surface area (Å²) in [5.74, 6) is 0.539. The van der Waals surface area contributed by atoms with E-state index in [-0.39, 0.29) is 11.2 Å². The van der Waals surface area contributed by atoms with Crippen molar-refractivity contribution >= 4 is 39.2 Å². The Morgan fingerprint density at radius 3 is 2.58 bits per heavy atom. The Hall–Kier alpha value is -2.41. The quantitative estimate of drug-likeness (QED) is 0.746. The minimum Gasteiger partial charge on any atom is -0.333 e. The highest BCUT2D eigenvalue weighted by Gasteiger charge is 2.14. The van der Waals surface area contributed by atoms with Crippen molar-refractivity contribution in [1.29, 1.82) is 0 Å². The van der Waals surface area contributed by atoms with Crippen LogP contribution in [0.5, 0.6) is 0 Å². The van der Waals surface area contributed by atoms with Crippen LogP contribution in [0.3, 0.4) is 0 Å². The maximum atomic E-state index is 12.4. The number of aromatic amines is 1. The molecule has 1 N–H and O–H groups in total. The first-order valence-corrected chi connectivity index (χ1v) is 8.51. The van der Waals surface area contributed by atoms with Crippen LogP contribution in [0.15, 0.2) is 38.3 Å². The number of aryl methyl sites for hydroxylation is 1. The monoisotopic (exact) mass is 388 g/mol. The summed E-state index contributed by atoms with van der Waals surface area (Å²) < 4.78 is 3.71. The van der Waals surface area contributed by atoms with Crippen molar-refractivity contribution in [1.82, 2.24) is 19.1 Å². The van der Waals surface area contributed by atoms with Crippen molar-refractivity contribution in [2.24, 2.45) is 0 Å². The lowest BCUT2D eigenvalue weighted by Gasteiger charge is -2.06. The van der Waals surface area contributed by atoms with Gasteiger partial charge in [-0.3, -0.25) is 13.9 Å². The molecule has 0 aliphatic rings. The average Bonchev–Trinajstić information content (AvgIpc) is 2.98. The van der Waals surface area contributed by atoms with E-state index in [9.17, 15) is 9.59 Å². The summed E-state index contributed by atoms with van der Waals surface area (Å²) in [5, 5.41) is 0. The van der Waals surface area contributed by atoms with Gasteiger partial charge < -0.3 is 4.98 Å². The standard InChI is InChI=1S/C17H17BrN4O2/c1-3-21-15-14(16(23)22(4-2)17(21)24)19-13(20-15)9-8-11-6-5-7-12(18)10-11/h5-10H,3-4H2,1-2H3,(H,19,20). The Morgan fingerprint density at radius 1 is 1.17 bits per heavy atom. The molecule has 3 aromatic rings. The van der Waals surface area contributed by atoms with Gasteiger partial charge in [-0.05, 0) is 37.6 Å². The van der Waals surface area contributed by atoms with E-state index < -0.39 is 0 Å². The molecule has 0 fully saturated rings. The van der Waals surface area contributed by atoms with E-state index in [4.69, 9.17) is 0 Å². The summed E-state index contributed by atoms with van der Waals surface area (Å²) in [5.41, 5.74) is 1.09. The van der Waals surface area contributed by atoms with Gasteiger partial charge in [-0.2, -0.15) is 0 Å². The molecular formula is C17H17BrN4O2. The molecular weight excluding hydrogens is 372 g/mol. The Labute approximate surface area is 146 Å². The van der Waals surface area contributed by atoms with Crippen molar-refractivity contribution in [3.05, 3.63) is 61.0 Å². The molecule has 0 radical (unpaired) electrons. The molecule has 7 heteroatoms. The maximum Gasteiger partial charge on any atom is 0.332 e. The third-order valence-electron chi connectivity index (χ3n) is 3.79. The topological polar surface area (TPSA) is 72.7 Å². The average molecular weight is 389 g/mol. The summed E-state index contributed by atoms with van der Waals surface area (Å²) in [6.45, 7) is 4.42. The van der Waals surface area contributed by atoms with E-state index in [0.29, 0.717) is 30.1 Å². The number of nitrogens with zero attached hydrogens (tertiary/aromatic N) is 3. The van der Waals surface area contributed by atoms with Gasteiger partial charge in [0.1, 0.15) is 11.3 Å². The number of aromatic nitrogens is 4. The number of rotatable bonds is 4. The SMILES string of the molecule is CCn1c(=O)c2[nH]c(C=Cc3cccc(Br)c3)nc2n(CC)c1=O. The molecule has 0 saturated carbocycles. The number of imidazole rings is 1. The van der Waals surface area contributed by atoms with Crippen molar-refractivity contribution in [2.45, 2.75) is 26.9 Å². The minimum absolute atomic E-state index is 0.327. The van der Waals surface area contributed by atoms with E-state index in [2.05, 4.69) is 25.9 Å². The fourth-order valence-electron chi connectivity index (χ4n) is 2.61. The van der Waals surface area contributed by atoms with E-state index in [1.54, 1.807) is 13.0 Å². The highest BCUT2D eigenvalue weighted by atomic mass is 79.9. The van der Waals surface area contributed by atoms with Crippen molar-refractivity contribution < 1.29 is 0 Å². The van der Waals surface area contributed by atoms with Crippen LogP contribution in [-0.2, 0) is 13.1 Å². The molecule has 1 aromatic carbocycles. The Morgan fingerprint density at radius 2 is 1.92 bits per heavy atom. The second kappa shape index (κ2) is 6.60. The van der Waals surface area contributed by atoms with Gasteiger partial charge in [0, 0.05) is 17.6 Å². The highest BCUT2D eigenvalue weighted by Crippen LogP contribution is 2.14. The molecule has 0 amide bonds. The van der Waals surface area contributed by atoms with Crippen LogP contribution in [0.1, 0.15) is 25.2 Å². The van der Waals surface area contributed by atoms with Gasteiger partial charge in [0.05, 0.1) is 0 Å². The fraction of sp³-hybridized carbons (Fsp3) is 0.235. The molecule has 2 aromatic heterocycles. The van der Waals surface area contributed by atoms with Gasteiger partial charge in [0.25, 0.3) is 5.56 Å². The Balaban J connectivity index is 2.13. The molecule has 0 unspecified atom stereocenters. The first-order chi connectivity index (χ1) is 11.5. The molecule has 2 heterocycles. The lowest BCUT2D eigenvalue weighted by molar-refractivity contribution is 0.605. The molecule has 3 rings (SSSR count). The number of hydrogen-bond acceptors (Lipinski definition) is 3. The van der Waals surface area contributed by atoms with Gasteiger partial charge in [0.2, 0.25) is 0 Å². The van der Waals surface area contributed by atoms with E-state index in [0.717, 1.165) is 10.0 Å². The third kappa shape index (κ3) is 2.87. The number of hydrogen-bond donors (Lipinski definition) is 1. The fourth-order valence-corrected chi connectivity index (χ4v) is 3.03. The number of H-pyrrole nitrogens is 1. The smallest absolute Gasteiger partial charge is 0.332 e. The molecule has 0 spiro atoms. The van der Waals surface area contributed by atoms with Crippen LogP contribution >= 0.6 is 15.9 Å². The van der Waals surface area contributed by atoms with Crippen molar-refractivity contribution in [2.75, 3.05) is 0 Å². The zero-order valence-electron chi connectivity index (χ0n) is 13.4. The molecule has 0 aliphatic carbocycles. The second-order valence-electron chi connectivity index (χ2n) is 5.29. The zero-order chi connectivity index (χ0) is 17.3. The van der Waals surface area contributed by atoms with Crippen molar-refractivity contribution in [3.8, 4) is 0 Å². The van der Waals surface area contributed by atoms with Gasteiger partial charge in [-0.25, -0.2) is 9.78 Å². The van der Waals surface area contributed by atoms with E-state index in [1.807, 2.05) is 37.3 Å². The van der Waals surface area contributed by atoms with Gasteiger partial charge >= 0.3 is 5.69 Å². The van der Waals surface area contributed by atoms with Crippen LogP contribution in [0.4, 0.5) is 0 Å². The number of halogens is 1. The molecule has 24 heavy (non-hydrogen) atoms. The molecule has 0 atom stereocenters. The predicted octanol–water partition coefficient (Wildman–Crippen LogP) is 2.86. The zero-order valence-corrected chi connectivity index (χ0v) is 15.0. The Bertz CT molecular complexity index is 1040. The minimum atomic E-state index is -0.336. The van der Waals surface area contributed by atoms with Crippen LogP contribution in [0.2, 0.25) is 0 Å².